The maximum absolute atomic E-state index is 12.5. The molecule has 0 amide bonds. The van der Waals surface area contributed by atoms with Crippen molar-refractivity contribution >= 4 is 14.8 Å². The molecule has 0 saturated carbocycles. The van der Waals surface area contributed by atoms with Crippen molar-refractivity contribution in [3.8, 4) is 28.4 Å². The van der Waals surface area contributed by atoms with Crippen molar-refractivity contribution in [2.75, 3.05) is 52.9 Å². The van der Waals surface area contributed by atoms with Crippen LogP contribution in [-0.2, 0) is 29.2 Å². The number of benzene rings is 3. The van der Waals surface area contributed by atoms with Gasteiger partial charge in [-0.25, -0.2) is 4.79 Å². The molecular weight excluding hydrogens is 677 g/mol. The molecule has 1 saturated heterocycles. The van der Waals surface area contributed by atoms with Crippen LogP contribution in [0.15, 0.2) is 66.7 Å². The van der Waals surface area contributed by atoms with Gasteiger partial charge in [0.2, 0.25) is 0 Å². The Kier molecular flexibility index (Phi) is 17.5. The van der Waals surface area contributed by atoms with Gasteiger partial charge in [-0.15, -0.1) is 0 Å². The number of unbranched alkanes of at least 4 members (excludes halogenated alkanes) is 5. The second-order valence-corrected chi connectivity index (χ2v) is 16.2. The maximum atomic E-state index is 12.5. The van der Waals surface area contributed by atoms with Crippen molar-refractivity contribution < 1.29 is 42.1 Å². The summed E-state index contributed by atoms with van der Waals surface area (Å²) >= 11 is 0. The van der Waals surface area contributed by atoms with Crippen molar-refractivity contribution in [2.45, 2.75) is 91.5 Å². The number of rotatable bonds is 26. The van der Waals surface area contributed by atoms with Crippen LogP contribution in [0.4, 0.5) is 0 Å². The number of carbonyl (C=O) groups is 1. The van der Waals surface area contributed by atoms with E-state index in [4.69, 9.17) is 32.2 Å². The van der Waals surface area contributed by atoms with E-state index < -0.39 is 8.80 Å². The minimum atomic E-state index is -2.70. The van der Waals surface area contributed by atoms with Crippen LogP contribution in [0, 0.1) is 5.41 Å². The molecule has 286 valence electrons. The van der Waals surface area contributed by atoms with Gasteiger partial charge in [-0.2, -0.15) is 0 Å². The highest BCUT2D eigenvalue weighted by Gasteiger charge is 2.40. The lowest BCUT2D eigenvalue weighted by Crippen LogP contribution is -2.46. The predicted octanol–water partition coefficient (Wildman–Crippen LogP) is 9.42. The number of aromatic hydroxyl groups is 1. The number of phenols is 1. The summed E-state index contributed by atoms with van der Waals surface area (Å²) in [5, 5.41) is 10.4. The van der Waals surface area contributed by atoms with Crippen LogP contribution in [0.1, 0.15) is 95.0 Å². The molecule has 0 unspecified atom stereocenters. The van der Waals surface area contributed by atoms with E-state index in [1.54, 1.807) is 6.07 Å². The van der Waals surface area contributed by atoms with Gasteiger partial charge in [0, 0.05) is 25.9 Å². The predicted molar refractivity (Wildman–Crippen MR) is 206 cm³/mol. The molecule has 0 aliphatic carbocycles. The summed E-state index contributed by atoms with van der Waals surface area (Å²) < 4.78 is 40.8. The summed E-state index contributed by atoms with van der Waals surface area (Å²) in [6.07, 6.45) is 9.02. The van der Waals surface area contributed by atoms with Gasteiger partial charge in [-0.3, -0.25) is 0 Å². The molecule has 3 aromatic carbocycles. The topological polar surface area (TPSA) is 102 Å². The molecule has 4 rings (SSSR count). The smallest absolute Gasteiger partial charge is 0.500 e. The minimum absolute atomic E-state index is 0.0184. The highest BCUT2D eigenvalue weighted by atomic mass is 28.4. The van der Waals surface area contributed by atoms with Crippen LogP contribution >= 0.6 is 0 Å². The molecule has 0 aromatic heterocycles. The summed E-state index contributed by atoms with van der Waals surface area (Å²) in [6, 6.07) is 21.8. The van der Waals surface area contributed by atoms with Gasteiger partial charge >= 0.3 is 14.8 Å². The second kappa shape index (κ2) is 22.0. The highest BCUT2D eigenvalue weighted by molar-refractivity contribution is 6.60. The number of esters is 1. The Hall–Kier alpha value is -3.41. The lowest BCUT2D eigenvalue weighted by atomic mass is 9.84. The summed E-state index contributed by atoms with van der Waals surface area (Å²) in [4.78, 5) is 12.5. The molecule has 0 atom stereocenters. The van der Waals surface area contributed by atoms with Crippen molar-refractivity contribution in [1.29, 1.82) is 0 Å². The van der Waals surface area contributed by atoms with Crippen LogP contribution in [0.25, 0.3) is 11.1 Å². The average Bonchev–Trinajstić information content (AvgIpc) is 3.14. The minimum Gasteiger partial charge on any atom is -0.508 e. The van der Waals surface area contributed by atoms with Gasteiger partial charge in [0.15, 0.2) is 0 Å². The molecule has 52 heavy (non-hydrogen) atoms. The van der Waals surface area contributed by atoms with Crippen molar-refractivity contribution in [1.82, 2.24) is 0 Å². The zero-order valence-electron chi connectivity index (χ0n) is 31.8. The third-order valence-electron chi connectivity index (χ3n) is 9.53. The third kappa shape index (κ3) is 12.9. The maximum Gasteiger partial charge on any atom is 0.500 e. The summed E-state index contributed by atoms with van der Waals surface area (Å²) in [5.41, 5.74) is 3.52. The molecule has 9 nitrogen and oxygen atoms in total. The van der Waals surface area contributed by atoms with Crippen molar-refractivity contribution in [3.05, 3.63) is 77.9 Å². The Balaban J connectivity index is 1.05. The van der Waals surface area contributed by atoms with E-state index >= 15 is 0 Å². The molecule has 0 spiro atoms. The van der Waals surface area contributed by atoms with Crippen molar-refractivity contribution in [3.63, 3.8) is 0 Å². The monoisotopic (exact) mass is 736 g/mol. The molecule has 1 aliphatic heterocycles. The standard InChI is InChI=1S/C42H60O9Si/c1-5-42(31-45-32-42)33-48-41(44)36-19-17-34(18-20-36)35-21-23-38(24-22-35)46-27-13-11-9-10-12-14-28-47-39-25-26-40(43)37(30-39)16-15-29-52(49-6-2,50-7-3)51-8-4/h17-26,30,43H,5-16,27-29,31-33H2,1-4H3. The molecule has 10 heteroatoms. The van der Waals surface area contributed by atoms with E-state index in [2.05, 4.69) is 6.92 Å². The van der Waals surface area contributed by atoms with E-state index in [9.17, 15) is 9.90 Å². The molecule has 0 bridgehead atoms. The van der Waals surface area contributed by atoms with Crippen LogP contribution in [0.3, 0.4) is 0 Å². The Bertz CT molecular complexity index is 1430. The van der Waals surface area contributed by atoms with Crippen LogP contribution in [0.5, 0.6) is 17.2 Å². The van der Waals surface area contributed by atoms with Gasteiger partial charge in [-0.05, 0) is 112 Å². The fourth-order valence-corrected chi connectivity index (χ4v) is 8.88. The Morgan fingerprint density at radius 1 is 0.712 bits per heavy atom. The Labute approximate surface area is 312 Å². The Morgan fingerprint density at radius 3 is 1.79 bits per heavy atom. The lowest BCUT2D eigenvalue weighted by molar-refractivity contribution is -0.140. The molecule has 1 N–H and O–H groups in total. The molecule has 3 aromatic rings. The second-order valence-electron chi connectivity index (χ2n) is 13.5. The first kappa shape index (κ1) is 41.3. The van der Waals surface area contributed by atoms with E-state index in [1.165, 1.54) is 6.42 Å². The average molecular weight is 737 g/mol. The van der Waals surface area contributed by atoms with Gasteiger partial charge in [0.05, 0.1) is 37.4 Å². The first-order valence-corrected chi connectivity index (χ1v) is 21.2. The van der Waals surface area contributed by atoms with Gasteiger partial charge in [0.25, 0.3) is 0 Å². The molecule has 1 fully saturated rings. The van der Waals surface area contributed by atoms with E-state index in [0.717, 1.165) is 73.1 Å². The van der Waals surface area contributed by atoms with E-state index in [-0.39, 0.29) is 17.1 Å². The lowest BCUT2D eigenvalue weighted by Gasteiger charge is -2.39. The fraction of sp³-hybridized carbons (Fsp3) is 0.548. The first-order valence-electron chi connectivity index (χ1n) is 19.3. The van der Waals surface area contributed by atoms with Crippen LogP contribution in [0.2, 0.25) is 6.04 Å². The largest absolute Gasteiger partial charge is 0.508 e. The molecule has 0 radical (unpaired) electrons. The van der Waals surface area contributed by atoms with Crippen molar-refractivity contribution in [2.24, 2.45) is 5.41 Å². The van der Waals surface area contributed by atoms with E-state index in [1.807, 2.05) is 81.4 Å². The fourth-order valence-electron chi connectivity index (χ4n) is 6.26. The van der Waals surface area contributed by atoms with E-state index in [0.29, 0.717) is 70.9 Å². The zero-order chi connectivity index (χ0) is 37.1. The number of aryl methyl sites for hydroxylation is 1. The van der Waals surface area contributed by atoms with Gasteiger partial charge < -0.3 is 37.3 Å². The number of carbonyl (C=O) groups excluding carboxylic acids is 1. The summed E-state index contributed by atoms with van der Waals surface area (Å²) in [5.74, 6) is 1.64. The summed E-state index contributed by atoms with van der Waals surface area (Å²) in [6.45, 7) is 12.7. The first-order chi connectivity index (χ1) is 25.3. The van der Waals surface area contributed by atoms with Crippen LogP contribution < -0.4 is 9.47 Å². The van der Waals surface area contributed by atoms with Gasteiger partial charge in [-0.1, -0.05) is 56.9 Å². The number of hydrogen-bond acceptors (Lipinski definition) is 9. The molecule has 1 heterocycles. The SMILES string of the molecule is CCO[Si](CCCc1cc(OCCCCCCCCOc2ccc(-c3ccc(C(=O)OCC4(CC)COC4)cc3)cc2)ccc1O)(OCC)OCC. The number of ether oxygens (including phenoxy) is 4. The quantitative estimate of drug-likeness (QED) is 0.0491. The third-order valence-corrected chi connectivity index (χ3v) is 12.7. The summed E-state index contributed by atoms with van der Waals surface area (Å²) in [7, 11) is -2.70. The highest BCUT2D eigenvalue weighted by Crippen LogP contribution is 2.32. The normalized spacial score (nSPS) is 13.8. The van der Waals surface area contributed by atoms with Crippen LogP contribution in [-0.4, -0.2) is 72.7 Å². The zero-order valence-corrected chi connectivity index (χ0v) is 32.8. The number of hydrogen-bond donors (Lipinski definition) is 1. The molecule has 1 aliphatic rings. The van der Waals surface area contributed by atoms with Gasteiger partial charge in [0.1, 0.15) is 23.9 Å². The Morgan fingerprint density at radius 2 is 1.25 bits per heavy atom. The number of phenolic OH excluding ortho intramolecular Hbond substituents is 1. The molecular formula is C42H60O9Si.